The van der Waals surface area contributed by atoms with Gasteiger partial charge in [-0.15, -0.1) is 0 Å². The molecule has 106 valence electrons. The molecule has 0 fully saturated rings. The summed E-state index contributed by atoms with van der Waals surface area (Å²) in [5.74, 6) is -0.835. The Kier molecular flexibility index (Phi) is 4.14. The van der Waals surface area contributed by atoms with E-state index in [2.05, 4.69) is 10.2 Å². The number of nitriles is 1. The summed E-state index contributed by atoms with van der Waals surface area (Å²) in [4.78, 5) is 23.6. The molecule has 0 unspecified atom stereocenters. The number of carbonyl (C=O) groups excluding carboxylic acids is 2. The van der Waals surface area contributed by atoms with Gasteiger partial charge in [-0.2, -0.15) is 10.4 Å². The summed E-state index contributed by atoms with van der Waals surface area (Å²) in [6, 6.07) is 8.57. The van der Waals surface area contributed by atoms with Gasteiger partial charge in [-0.1, -0.05) is 12.1 Å². The number of nitrogens with one attached hydrogen (secondary N) is 1. The van der Waals surface area contributed by atoms with Crippen LogP contribution < -0.4 is 0 Å². The third-order valence-corrected chi connectivity index (χ3v) is 2.88. The average molecular weight is 283 g/mol. The lowest BCUT2D eigenvalue weighted by molar-refractivity contribution is 0.0520. The van der Waals surface area contributed by atoms with Crippen molar-refractivity contribution in [3.63, 3.8) is 0 Å². The molecule has 0 aliphatic rings. The highest BCUT2D eigenvalue weighted by Gasteiger charge is 2.23. The second kappa shape index (κ2) is 6.01. The molecule has 1 aromatic carbocycles. The van der Waals surface area contributed by atoms with Crippen molar-refractivity contribution < 1.29 is 14.3 Å². The molecule has 0 atom stereocenters. The standard InChI is InChI=1S/C15H13N3O3/c1-3-21-15(20)14-12(13(9(2)19)17-18-14)11-6-4-10(8-16)5-7-11/h4-7H,3H2,1-2H3,(H,17,18). The maximum atomic E-state index is 11.9. The molecule has 1 heterocycles. The van der Waals surface area contributed by atoms with Crippen LogP contribution in [0.2, 0.25) is 0 Å². The molecule has 6 nitrogen and oxygen atoms in total. The summed E-state index contributed by atoms with van der Waals surface area (Å²) >= 11 is 0. The summed E-state index contributed by atoms with van der Waals surface area (Å²) in [6.45, 7) is 3.29. The van der Waals surface area contributed by atoms with Gasteiger partial charge in [0.2, 0.25) is 0 Å². The Morgan fingerprint density at radius 2 is 2.00 bits per heavy atom. The third kappa shape index (κ3) is 2.82. The second-order valence-electron chi connectivity index (χ2n) is 4.29. The van der Waals surface area contributed by atoms with Gasteiger partial charge in [-0.25, -0.2) is 4.79 Å². The lowest BCUT2D eigenvalue weighted by Crippen LogP contribution is -2.07. The van der Waals surface area contributed by atoms with E-state index in [0.29, 0.717) is 16.7 Å². The van der Waals surface area contributed by atoms with Crippen LogP contribution in [0, 0.1) is 11.3 Å². The lowest BCUT2D eigenvalue weighted by Gasteiger charge is -2.05. The number of carbonyl (C=O) groups is 2. The number of ether oxygens (including phenoxy) is 1. The van der Waals surface area contributed by atoms with Gasteiger partial charge in [-0.3, -0.25) is 9.89 Å². The lowest BCUT2D eigenvalue weighted by atomic mass is 10.00. The number of hydrogen-bond acceptors (Lipinski definition) is 5. The van der Waals surface area contributed by atoms with Crippen molar-refractivity contribution in [2.24, 2.45) is 0 Å². The second-order valence-corrected chi connectivity index (χ2v) is 4.29. The molecule has 1 N–H and O–H groups in total. The van der Waals surface area contributed by atoms with Gasteiger partial charge in [0, 0.05) is 12.5 Å². The van der Waals surface area contributed by atoms with E-state index in [1.807, 2.05) is 6.07 Å². The van der Waals surface area contributed by atoms with Crippen LogP contribution in [0.1, 0.15) is 40.4 Å². The fourth-order valence-corrected chi connectivity index (χ4v) is 1.94. The summed E-state index contributed by atoms with van der Waals surface area (Å²) in [6.07, 6.45) is 0. The van der Waals surface area contributed by atoms with E-state index in [1.54, 1.807) is 31.2 Å². The molecular weight excluding hydrogens is 270 g/mol. The van der Waals surface area contributed by atoms with Crippen LogP contribution in [0.4, 0.5) is 0 Å². The fraction of sp³-hybridized carbons (Fsp3) is 0.200. The van der Waals surface area contributed by atoms with Gasteiger partial charge in [0.05, 0.1) is 18.2 Å². The number of esters is 1. The molecule has 0 saturated carbocycles. The van der Waals surface area contributed by atoms with Crippen LogP contribution in [0.3, 0.4) is 0 Å². The van der Waals surface area contributed by atoms with Crippen molar-refractivity contribution in [1.29, 1.82) is 5.26 Å². The number of aromatic amines is 1. The Morgan fingerprint density at radius 3 is 2.52 bits per heavy atom. The van der Waals surface area contributed by atoms with E-state index in [9.17, 15) is 9.59 Å². The van der Waals surface area contributed by atoms with Gasteiger partial charge in [0.25, 0.3) is 0 Å². The quantitative estimate of drug-likeness (QED) is 0.686. The van der Waals surface area contributed by atoms with Crippen molar-refractivity contribution in [2.45, 2.75) is 13.8 Å². The van der Waals surface area contributed by atoms with Crippen LogP contribution in [0.5, 0.6) is 0 Å². The number of Topliss-reactive ketones (excluding diaryl/α,β-unsaturated/α-hetero) is 1. The SMILES string of the molecule is CCOC(=O)c1[nH]nc(C(C)=O)c1-c1ccc(C#N)cc1. The number of ketones is 1. The highest BCUT2D eigenvalue weighted by molar-refractivity contribution is 6.05. The molecule has 0 spiro atoms. The first kappa shape index (κ1) is 14.5. The highest BCUT2D eigenvalue weighted by atomic mass is 16.5. The average Bonchev–Trinajstić information content (AvgIpc) is 2.92. The Balaban J connectivity index is 2.58. The number of nitrogens with zero attached hydrogens (tertiary/aromatic N) is 2. The van der Waals surface area contributed by atoms with Crippen LogP contribution >= 0.6 is 0 Å². The Hall–Kier alpha value is -2.94. The van der Waals surface area contributed by atoms with Crippen LogP contribution in [-0.4, -0.2) is 28.6 Å². The molecule has 0 aliphatic heterocycles. The van der Waals surface area contributed by atoms with Crippen molar-refractivity contribution in [3.8, 4) is 17.2 Å². The van der Waals surface area contributed by atoms with Gasteiger partial charge in [0.1, 0.15) is 5.69 Å². The van der Waals surface area contributed by atoms with E-state index >= 15 is 0 Å². The summed E-state index contributed by atoms with van der Waals surface area (Å²) in [5.41, 5.74) is 1.81. The summed E-state index contributed by atoms with van der Waals surface area (Å²) in [7, 11) is 0. The van der Waals surface area contributed by atoms with E-state index < -0.39 is 5.97 Å². The number of aromatic nitrogens is 2. The molecule has 2 aromatic rings. The zero-order chi connectivity index (χ0) is 15.4. The van der Waals surface area contributed by atoms with Crippen LogP contribution in [-0.2, 0) is 4.74 Å². The molecule has 21 heavy (non-hydrogen) atoms. The Bertz CT molecular complexity index is 724. The van der Waals surface area contributed by atoms with E-state index in [4.69, 9.17) is 10.00 Å². The van der Waals surface area contributed by atoms with Crippen LogP contribution in [0.25, 0.3) is 11.1 Å². The minimum atomic E-state index is -0.572. The minimum absolute atomic E-state index is 0.131. The van der Waals surface area contributed by atoms with Crippen LogP contribution in [0.15, 0.2) is 24.3 Å². The van der Waals surface area contributed by atoms with Gasteiger partial charge < -0.3 is 4.74 Å². The molecule has 0 saturated heterocycles. The molecule has 0 amide bonds. The Labute approximate surface area is 121 Å². The largest absolute Gasteiger partial charge is 0.461 e. The van der Waals surface area contributed by atoms with E-state index in [1.165, 1.54) is 6.92 Å². The van der Waals surface area contributed by atoms with Crippen molar-refractivity contribution in [2.75, 3.05) is 6.61 Å². The third-order valence-electron chi connectivity index (χ3n) is 2.88. The molecular formula is C15H13N3O3. The van der Waals surface area contributed by atoms with E-state index in [-0.39, 0.29) is 23.8 Å². The van der Waals surface area contributed by atoms with Crippen molar-refractivity contribution in [1.82, 2.24) is 10.2 Å². The fourth-order valence-electron chi connectivity index (χ4n) is 1.94. The number of H-pyrrole nitrogens is 1. The van der Waals surface area contributed by atoms with Gasteiger partial charge in [0.15, 0.2) is 11.5 Å². The normalized spacial score (nSPS) is 9.95. The number of hydrogen-bond donors (Lipinski definition) is 1. The highest BCUT2D eigenvalue weighted by Crippen LogP contribution is 2.27. The molecule has 0 radical (unpaired) electrons. The summed E-state index contributed by atoms with van der Waals surface area (Å²) < 4.78 is 4.95. The maximum absolute atomic E-state index is 11.9. The first-order valence-corrected chi connectivity index (χ1v) is 6.35. The molecule has 1 aromatic heterocycles. The monoisotopic (exact) mass is 283 g/mol. The zero-order valence-electron chi connectivity index (χ0n) is 11.6. The summed E-state index contributed by atoms with van der Waals surface area (Å²) in [5, 5.41) is 15.3. The molecule has 6 heteroatoms. The first-order chi connectivity index (χ1) is 10.1. The zero-order valence-corrected chi connectivity index (χ0v) is 11.6. The molecule has 0 bridgehead atoms. The predicted octanol–water partition coefficient (Wildman–Crippen LogP) is 2.33. The maximum Gasteiger partial charge on any atom is 0.357 e. The van der Waals surface area contributed by atoms with Crippen molar-refractivity contribution in [3.05, 3.63) is 41.2 Å². The number of rotatable bonds is 4. The first-order valence-electron chi connectivity index (χ1n) is 6.35. The number of benzene rings is 1. The minimum Gasteiger partial charge on any atom is -0.461 e. The van der Waals surface area contributed by atoms with Gasteiger partial charge in [-0.05, 0) is 24.6 Å². The molecule has 0 aliphatic carbocycles. The van der Waals surface area contributed by atoms with E-state index in [0.717, 1.165) is 0 Å². The Morgan fingerprint density at radius 1 is 1.33 bits per heavy atom. The topological polar surface area (TPSA) is 95.8 Å². The van der Waals surface area contributed by atoms with Gasteiger partial charge >= 0.3 is 5.97 Å². The smallest absolute Gasteiger partial charge is 0.357 e. The molecule has 2 rings (SSSR count). The van der Waals surface area contributed by atoms with Crippen molar-refractivity contribution >= 4 is 11.8 Å². The predicted molar refractivity (Wildman–Crippen MR) is 74.7 cm³/mol.